The van der Waals surface area contributed by atoms with E-state index in [0.717, 1.165) is 12.8 Å². The van der Waals surface area contributed by atoms with E-state index in [2.05, 4.69) is 16.9 Å². The van der Waals surface area contributed by atoms with E-state index in [1.54, 1.807) is 6.21 Å². The van der Waals surface area contributed by atoms with Gasteiger partial charge in [0.15, 0.2) is 0 Å². The van der Waals surface area contributed by atoms with E-state index in [-0.39, 0.29) is 5.66 Å². The molecule has 3 heteroatoms. The van der Waals surface area contributed by atoms with Crippen LogP contribution in [0.15, 0.2) is 9.98 Å². The average Bonchev–Trinajstić information content (AvgIpc) is 2.28. The van der Waals surface area contributed by atoms with Crippen molar-refractivity contribution >= 4 is 12.1 Å². The zero-order valence-electron chi connectivity index (χ0n) is 7.17. The van der Waals surface area contributed by atoms with E-state index in [4.69, 9.17) is 5.73 Å². The van der Waals surface area contributed by atoms with Crippen LogP contribution in [0.1, 0.15) is 33.1 Å². The second-order valence-electron chi connectivity index (χ2n) is 3.12. The summed E-state index contributed by atoms with van der Waals surface area (Å²) in [5, 5.41) is 0. The number of amidine groups is 1. The molecule has 1 aliphatic heterocycles. The van der Waals surface area contributed by atoms with Crippen molar-refractivity contribution in [2.24, 2.45) is 15.7 Å². The van der Waals surface area contributed by atoms with Gasteiger partial charge in [-0.15, -0.1) is 0 Å². The van der Waals surface area contributed by atoms with Crippen molar-refractivity contribution in [1.29, 1.82) is 0 Å². The molecule has 0 aromatic heterocycles. The van der Waals surface area contributed by atoms with Gasteiger partial charge >= 0.3 is 0 Å². The summed E-state index contributed by atoms with van der Waals surface area (Å²) in [7, 11) is 0. The third-order valence-electron chi connectivity index (χ3n) is 1.85. The first-order valence-corrected chi connectivity index (χ1v) is 4.07. The Balaban J connectivity index is 2.50. The van der Waals surface area contributed by atoms with Crippen molar-refractivity contribution < 1.29 is 0 Å². The van der Waals surface area contributed by atoms with E-state index in [1.807, 2.05) is 6.92 Å². The van der Waals surface area contributed by atoms with Crippen LogP contribution >= 0.6 is 0 Å². The lowest BCUT2D eigenvalue weighted by molar-refractivity contribution is 0.447. The monoisotopic (exact) mass is 153 g/mol. The molecule has 0 aromatic rings. The molecule has 11 heavy (non-hydrogen) atoms. The molecule has 0 fully saturated rings. The van der Waals surface area contributed by atoms with Gasteiger partial charge in [-0.3, -0.25) is 4.99 Å². The molecule has 62 valence electrons. The fraction of sp³-hybridized carbons (Fsp3) is 0.750. The van der Waals surface area contributed by atoms with Gasteiger partial charge < -0.3 is 5.73 Å². The van der Waals surface area contributed by atoms with Gasteiger partial charge in [-0.1, -0.05) is 13.3 Å². The van der Waals surface area contributed by atoms with Gasteiger partial charge in [-0.25, -0.2) is 4.99 Å². The number of rotatable bonds is 3. The summed E-state index contributed by atoms with van der Waals surface area (Å²) in [6, 6.07) is 0. The van der Waals surface area contributed by atoms with Crippen molar-refractivity contribution in [2.75, 3.05) is 0 Å². The average molecular weight is 153 g/mol. The molecule has 1 atom stereocenters. The molecule has 0 radical (unpaired) electrons. The summed E-state index contributed by atoms with van der Waals surface area (Å²) >= 11 is 0. The van der Waals surface area contributed by atoms with E-state index in [1.165, 1.54) is 6.42 Å². The van der Waals surface area contributed by atoms with Crippen LogP contribution < -0.4 is 5.73 Å². The molecular weight excluding hydrogens is 138 g/mol. The molecule has 3 nitrogen and oxygen atoms in total. The Labute approximate surface area is 67.4 Å². The lowest BCUT2D eigenvalue weighted by Crippen LogP contribution is -2.17. The van der Waals surface area contributed by atoms with E-state index in [9.17, 15) is 0 Å². The Bertz CT molecular complexity index is 196. The van der Waals surface area contributed by atoms with Gasteiger partial charge in [0.2, 0.25) is 0 Å². The second kappa shape index (κ2) is 3.03. The molecule has 0 saturated heterocycles. The van der Waals surface area contributed by atoms with Gasteiger partial charge in [0.1, 0.15) is 11.5 Å². The summed E-state index contributed by atoms with van der Waals surface area (Å²) in [4.78, 5) is 8.46. The number of nitrogens with zero attached hydrogens (tertiary/aromatic N) is 2. The predicted molar refractivity (Wildman–Crippen MR) is 48.0 cm³/mol. The van der Waals surface area contributed by atoms with Crippen molar-refractivity contribution in [3.63, 3.8) is 0 Å². The second-order valence-corrected chi connectivity index (χ2v) is 3.12. The quantitative estimate of drug-likeness (QED) is 0.653. The maximum atomic E-state index is 5.48. The van der Waals surface area contributed by atoms with Gasteiger partial charge in [0.05, 0.1) is 6.21 Å². The highest BCUT2D eigenvalue weighted by Crippen LogP contribution is 2.22. The minimum atomic E-state index is -0.250. The van der Waals surface area contributed by atoms with Crippen molar-refractivity contribution in [2.45, 2.75) is 38.8 Å². The Morgan fingerprint density at radius 3 is 2.82 bits per heavy atom. The topological polar surface area (TPSA) is 50.7 Å². The van der Waals surface area contributed by atoms with Crippen LogP contribution in [0.2, 0.25) is 0 Å². The first-order chi connectivity index (χ1) is 5.16. The van der Waals surface area contributed by atoms with Crippen LogP contribution in [-0.2, 0) is 0 Å². The van der Waals surface area contributed by atoms with Crippen LogP contribution in [0, 0.1) is 0 Å². The lowest BCUT2D eigenvalue weighted by Gasteiger charge is -2.15. The summed E-state index contributed by atoms with van der Waals surface area (Å²) in [5.41, 5.74) is 5.23. The highest BCUT2D eigenvalue weighted by atomic mass is 15.1. The fourth-order valence-corrected chi connectivity index (χ4v) is 1.17. The molecule has 1 rings (SSSR count). The maximum absolute atomic E-state index is 5.48. The SMILES string of the molecule is CCCCC1(C)N=CC(N)=N1. The number of unbranched alkanes of at least 4 members (excludes halogenated alkanes) is 1. The van der Waals surface area contributed by atoms with E-state index >= 15 is 0 Å². The molecule has 0 spiro atoms. The zero-order valence-corrected chi connectivity index (χ0v) is 7.17. The molecule has 0 bridgehead atoms. The van der Waals surface area contributed by atoms with Crippen LogP contribution in [0.25, 0.3) is 0 Å². The van der Waals surface area contributed by atoms with Crippen LogP contribution in [0.3, 0.4) is 0 Å². The Hall–Kier alpha value is -0.860. The fourth-order valence-electron chi connectivity index (χ4n) is 1.17. The first kappa shape index (κ1) is 8.24. The van der Waals surface area contributed by atoms with Gasteiger partial charge in [-0.2, -0.15) is 0 Å². The standard InChI is InChI=1S/C8H15N3/c1-3-4-5-8(2)10-6-7(9)11-8/h6H,3-5H2,1-2H3,(H2,9,11). The molecule has 1 aliphatic rings. The highest BCUT2D eigenvalue weighted by Gasteiger charge is 2.24. The molecule has 0 aromatic carbocycles. The largest absolute Gasteiger partial charge is 0.383 e. The number of hydrogen-bond donors (Lipinski definition) is 1. The lowest BCUT2D eigenvalue weighted by atomic mass is 10.1. The van der Waals surface area contributed by atoms with Gasteiger partial charge in [0, 0.05) is 0 Å². The first-order valence-electron chi connectivity index (χ1n) is 4.07. The minimum absolute atomic E-state index is 0.250. The number of hydrogen-bond acceptors (Lipinski definition) is 3. The minimum Gasteiger partial charge on any atom is -0.383 e. The third kappa shape index (κ3) is 2.03. The maximum Gasteiger partial charge on any atom is 0.149 e. The van der Waals surface area contributed by atoms with Crippen LogP contribution in [0.5, 0.6) is 0 Å². The molecule has 0 amide bonds. The smallest absolute Gasteiger partial charge is 0.149 e. The predicted octanol–water partition coefficient (Wildman–Crippen LogP) is 1.33. The van der Waals surface area contributed by atoms with Crippen molar-refractivity contribution in [1.82, 2.24) is 0 Å². The Kier molecular flexibility index (Phi) is 2.27. The Morgan fingerprint density at radius 2 is 2.36 bits per heavy atom. The highest BCUT2D eigenvalue weighted by molar-refractivity contribution is 6.30. The van der Waals surface area contributed by atoms with Crippen molar-refractivity contribution in [3.8, 4) is 0 Å². The molecule has 0 aliphatic carbocycles. The summed E-state index contributed by atoms with van der Waals surface area (Å²) in [6.45, 7) is 4.17. The Morgan fingerprint density at radius 1 is 1.64 bits per heavy atom. The molecule has 1 heterocycles. The molecular formula is C8H15N3. The normalized spacial score (nSPS) is 29.1. The summed E-state index contributed by atoms with van der Waals surface area (Å²) < 4.78 is 0. The van der Waals surface area contributed by atoms with E-state index in [0.29, 0.717) is 5.84 Å². The van der Waals surface area contributed by atoms with Crippen LogP contribution in [-0.4, -0.2) is 17.7 Å². The molecule has 0 saturated carbocycles. The molecule has 1 unspecified atom stereocenters. The zero-order chi connectivity index (χ0) is 8.32. The number of nitrogens with two attached hydrogens (primary N) is 1. The summed E-state index contributed by atoms with van der Waals surface area (Å²) in [6.07, 6.45) is 4.99. The van der Waals surface area contributed by atoms with Gasteiger partial charge in [-0.05, 0) is 19.8 Å². The summed E-state index contributed by atoms with van der Waals surface area (Å²) in [5.74, 6) is 0.559. The van der Waals surface area contributed by atoms with E-state index < -0.39 is 0 Å². The van der Waals surface area contributed by atoms with Gasteiger partial charge in [0.25, 0.3) is 0 Å². The van der Waals surface area contributed by atoms with Crippen molar-refractivity contribution in [3.05, 3.63) is 0 Å². The van der Waals surface area contributed by atoms with Crippen LogP contribution in [0.4, 0.5) is 0 Å². The molecule has 2 N–H and O–H groups in total. The third-order valence-corrected chi connectivity index (χ3v) is 1.85. The number of aliphatic imine (C=N–C) groups is 2.